The van der Waals surface area contributed by atoms with Gasteiger partial charge in [-0.1, -0.05) is 12.1 Å². The highest BCUT2D eigenvalue weighted by Crippen LogP contribution is 2.13. The molecule has 8 nitrogen and oxygen atoms in total. The van der Waals surface area contributed by atoms with E-state index in [0.29, 0.717) is 42.8 Å². The van der Waals surface area contributed by atoms with Gasteiger partial charge in [-0.25, -0.2) is 9.78 Å². The molecule has 2 amide bonds. The first kappa shape index (κ1) is 16.9. The van der Waals surface area contributed by atoms with Crippen LogP contribution in [0.15, 0.2) is 29.1 Å². The number of nitrogens with zero attached hydrogens (tertiary/aromatic N) is 3. The Morgan fingerprint density at radius 3 is 2.80 bits per heavy atom. The van der Waals surface area contributed by atoms with Crippen molar-refractivity contribution in [2.75, 3.05) is 19.6 Å². The lowest BCUT2D eigenvalue weighted by Gasteiger charge is -2.38. The normalized spacial score (nSPS) is 17.7. The molecule has 0 bridgehead atoms. The van der Waals surface area contributed by atoms with Crippen molar-refractivity contribution in [2.24, 2.45) is 0 Å². The second-order valence-electron chi connectivity index (χ2n) is 6.19. The van der Waals surface area contributed by atoms with Crippen LogP contribution >= 0.6 is 0 Å². The summed E-state index contributed by atoms with van der Waals surface area (Å²) >= 11 is 0. The molecule has 1 atom stereocenters. The van der Waals surface area contributed by atoms with E-state index >= 15 is 0 Å². The molecular weight excluding hydrogens is 324 g/mol. The third kappa shape index (κ3) is 3.62. The number of fused-ring (bicyclic) bond motifs is 1. The van der Waals surface area contributed by atoms with E-state index in [2.05, 4.69) is 9.97 Å². The van der Waals surface area contributed by atoms with Crippen molar-refractivity contribution in [3.63, 3.8) is 0 Å². The lowest BCUT2D eigenvalue weighted by Crippen LogP contribution is -2.55. The predicted molar refractivity (Wildman–Crippen MR) is 91.5 cm³/mol. The molecule has 0 aliphatic carbocycles. The summed E-state index contributed by atoms with van der Waals surface area (Å²) < 4.78 is 0. The van der Waals surface area contributed by atoms with E-state index in [1.165, 1.54) is 4.90 Å². The lowest BCUT2D eigenvalue weighted by molar-refractivity contribution is -0.135. The molecule has 0 saturated carbocycles. The van der Waals surface area contributed by atoms with Crippen LogP contribution in [0.2, 0.25) is 0 Å². The average Bonchev–Trinajstić information content (AvgIpc) is 2.59. The summed E-state index contributed by atoms with van der Waals surface area (Å²) in [4.78, 5) is 45.6. The number of piperazine rings is 1. The Hall–Kier alpha value is -2.90. The second kappa shape index (κ2) is 6.92. The molecule has 25 heavy (non-hydrogen) atoms. The highest BCUT2D eigenvalue weighted by Gasteiger charge is 2.29. The standard InChI is InChI=1S/C17H20N4O4/c1-11-10-20(17(24)25)8-9-21(11)15(22)7-6-14-18-13-5-3-2-4-12(13)16(23)19-14/h2-5,11H,6-10H2,1H3,(H,24,25)(H,18,19,23)/t11-/m0/s1. The monoisotopic (exact) mass is 344 g/mol. The van der Waals surface area contributed by atoms with Gasteiger partial charge in [0.2, 0.25) is 5.91 Å². The first-order chi connectivity index (χ1) is 12.0. The summed E-state index contributed by atoms with van der Waals surface area (Å²) in [6.07, 6.45) is -0.402. The zero-order chi connectivity index (χ0) is 18.0. The highest BCUT2D eigenvalue weighted by molar-refractivity contribution is 5.78. The number of amides is 2. The summed E-state index contributed by atoms with van der Waals surface area (Å²) in [5.41, 5.74) is 0.397. The molecule has 2 N–H and O–H groups in total. The molecule has 1 aromatic heterocycles. The van der Waals surface area contributed by atoms with Crippen LogP contribution in [0.25, 0.3) is 10.9 Å². The quantitative estimate of drug-likeness (QED) is 0.866. The number of carboxylic acid groups (broad SMARTS) is 1. The van der Waals surface area contributed by atoms with Crippen LogP contribution in [0, 0.1) is 0 Å². The van der Waals surface area contributed by atoms with Crippen LogP contribution in [0.4, 0.5) is 4.79 Å². The van der Waals surface area contributed by atoms with Crippen molar-refractivity contribution in [2.45, 2.75) is 25.8 Å². The Balaban J connectivity index is 1.65. The Labute approximate surface area is 144 Å². The van der Waals surface area contributed by atoms with Crippen LogP contribution in [-0.4, -0.2) is 62.6 Å². The van der Waals surface area contributed by atoms with E-state index in [0.717, 1.165) is 0 Å². The van der Waals surface area contributed by atoms with E-state index in [1.54, 1.807) is 23.1 Å². The van der Waals surface area contributed by atoms with Crippen LogP contribution < -0.4 is 5.56 Å². The Morgan fingerprint density at radius 2 is 2.08 bits per heavy atom. The molecule has 1 aliphatic heterocycles. The van der Waals surface area contributed by atoms with Gasteiger partial charge in [-0.15, -0.1) is 0 Å². The number of benzene rings is 1. The molecule has 8 heteroatoms. The van der Waals surface area contributed by atoms with Gasteiger partial charge >= 0.3 is 6.09 Å². The fraction of sp³-hybridized carbons (Fsp3) is 0.412. The molecule has 0 unspecified atom stereocenters. The first-order valence-corrected chi connectivity index (χ1v) is 8.21. The molecule has 1 saturated heterocycles. The van der Waals surface area contributed by atoms with E-state index in [4.69, 9.17) is 5.11 Å². The minimum Gasteiger partial charge on any atom is -0.465 e. The van der Waals surface area contributed by atoms with Crippen molar-refractivity contribution < 1.29 is 14.7 Å². The van der Waals surface area contributed by atoms with Gasteiger partial charge in [-0.3, -0.25) is 9.59 Å². The van der Waals surface area contributed by atoms with Gasteiger partial charge in [0.15, 0.2) is 0 Å². The Bertz CT molecular complexity index is 863. The maximum atomic E-state index is 12.4. The molecule has 0 radical (unpaired) electrons. The third-order valence-corrected chi connectivity index (χ3v) is 4.46. The molecule has 0 spiro atoms. The number of aromatic nitrogens is 2. The van der Waals surface area contributed by atoms with Gasteiger partial charge < -0.3 is 19.9 Å². The fourth-order valence-electron chi connectivity index (χ4n) is 3.12. The van der Waals surface area contributed by atoms with Crippen molar-refractivity contribution in [3.8, 4) is 0 Å². The molecule has 3 rings (SSSR count). The smallest absolute Gasteiger partial charge is 0.407 e. The van der Waals surface area contributed by atoms with Crippen molar-refractivity contribution in [1.82, 2.24) is 19.8 Å². The first-order valence-electron chi connectivity index (χ1n) is 8.21. The van der Waals surface area contributed by atoms with Gasteiger partial charge in [-0.05, 0) is 19.1 Å². The van der Waals surface area contributed by atoms with Crippen LogP contribution in [0.5, 0.6) is 0 Å². The number of rotatable bonds is 3. The van der Waals surface area contributed by atoms with Crippen LogP contribution in [0.3, 0.4) is 0 Å². The number of hydrogen-bond donors (Lipinski definition) is 2. The van der Waals surface area contributed by atoms with Crippen molar-refractivity contribution in [1.29, 1.82) is 0 Å². The number of carbonyl (C=O) groups is 2. The topological polar surface area (TPSA) is 107 Å². The van der Waals surface area contributed by atoms with Crippen LogP contribution in [-0.2, 0) is 11.2 Å². The summed E-state index contributed by atoms with van der Waals surface area (Å²) in [6, 6.07) is 6.90. The minimum atomic E-state index is -0.961. The highest BCUT2D eigenvalue weighted by atomic mass is 16.4. The summed E-state index contributed by atoms with van der Waals surface area (Å²) in [6.45, 7) is 2.85. The number of nitrogens with one attached hydrogen (secondary N) is 1. The fourth-order valence-corrected chi connectivity index (χ4v) is 3.12. The predicted octanol–water partition coefficient (Wildman–Crippen LogP) is 1.07. The number of para-hydroxylation sites is 1. The van der Waals surface area contributed by atoms with E-state index in [9.17, 15) is 14.4 Å². The molecule has 2 aromatic rings. The number of carbonyl (C=O) groups excluding carboxylic acids is 1. The summed E-state index contributed by atoms with van der Waals surface area (Å²) in [7, 11) is 0. The zero-order valence-corrected chi connectivity index (χ0v) is 13.9. The number of aromatic amines is 1. The lowest BCUT2D eigenvalue weighted by atomic mass is 10.1. The molecule has 1 aliphatic rings. The molecular formula is C17H20N4O4. The maximum absolute atomic E-state index is 12.4. The number of aryl methyl sites for hydroxylation is 1. The summed E-state index contributed by atoms with van der Waals surface area (Å²) in [5, 5.41) is 9.55. The Morgan fingerprint density at radius 1 is 1.32 bits per heavy atom. The van der Waals surface area contributed by atoms with Gasteiger partial charge in [0.05, 0.1) is 10.9 Å². The molecule has 1 fully saturated rings. The van der Waals surface area contributed by atoms with Gasteiger partial charge in [0.25, 0.3) is 5.56 Å². The number of H-pyrrole nitrogens is 1. The van der Waals surface area contributed by atoms with E-state index in [1.807, 2.05) is 13.0 Å². The maximum Gasteiger partial charge on any atom is 0.407 e. The molecule has 1 aromatic carbocycles. The van der Waals surface area contributed by atoms with Crippen molar-refractivity contribution in [3.05, 3.63) is 40.4 Å². The summed E-state index contributed by atoms with van der Waals surface area (Å²) in [5.74, 6) is 0.419. The second-order valence-corrected chi connectivity index (χ2v) is 6.19. The van der Waals surface area contributed by atoms with E-state index in [-0.39, 0.29) is 23.9 Å². The van der Waals surface area contributed by atoms with Gasteiger partial charge in [0, 0.05) is 38.5 Å². The molecule has 132 valence electrons. The van der Waals surface area contributed by atoms with Gasteiger partial charge in [-0.2, -0.15) is 0 Å². The SMILES string of the molecule is C[C@H]1CN(C(=O)O)CCN1C(=O)CCc1nc2ccccc2c(=O)[nH]1. The zero-order valence-electron chi connectivity index (χ0n) is 13.9. The third-order valence-electron chi connectivity index (χ3n) is 4.46. The minimum absolute atomic E-state index is 0.0617. The number of hydrogen-bond acceptors (Lipinski definition) is 4. The molecule has 2 heterocycles. The van der Waals surface area contributed by atoms with Gasteiger partial charge in [0.1, 0.15) is 5.82 Å². The van der Waals surface area contributed by atoms with E-state index < -0.39 is 6.09 Å². The Kier molecular flexibility index (Phi) is 4.69. The van der Waals surface area contributed by atoms with Crippen molar-refractivity contribution >= 4 is 22.9 Å². The largest absolute Gasteiger partial charge is 0.465 e. The van der Waals surface area contributed by atoms with Crippen LogP contribution in [0.1, 0.15) is 19.2 Å². The average molecular weight is 344 g/mol.